The maximum atomic E-state index is 9.33. The Hall–Kier alpha value is -1.20. The first-order chi connectivity index (χ1) is 10.9. The molecule has 0 saturated heterocycles. The fourth-order valence-electron chi connectivity index (χ4n) is 3.92. The molecule has 0 aliphatic heterocycles. The summed E-state index contributed by atoms with van der Waals surface area (Å²) in [5.41, 5.74) is 1.36. The van der Waals surface area contributed by atoms with Crippen molar-refractivity contribution in [3.05, 3.63) is 16.8 Å². The van der Waals surface area contributed by atoms with Gasteiger partial charge in [-0.2, -0.15) is 0 Å². The van der Waals surface area contributed by atoms with Crippen molar-refractivity contribution in [2.45, 2.75) is 63.4 Å². The second-order valence-electron chi connectivity index (χ2n) is 6.42. The molecule has 2 aromatic heterocycles. The zero-order valence-electron chi connectivity index (χ0n) is 12.8. The number of nitrogens with zero attached hydrogens (tertiary/aromatic N) is 2. The monoisotopic (exact) mass is 318 g/mol. The van der Waals surface area contributed by atoms with E-state index in [0.717, 1.165) is 48.2 Å². The Bertz CT molecular complexity index is 664. The SMILES string of the molecule is OCCC1CCc2sc3ncnc(OC4CCCCC4)c3c21. The van der Waals surface area contributed by atoms with Crippen LogP contribution in [0, 0.1) is 0 Å². The van der Waals surface area contributed by atoms with Gasteiger partial charge in [0.05, 0.1) is 5.39 Å². The minimum atomic E-state index is 0.244. The van der Waals surface area contributed by atoms with Crippen LogP contribution in [0.4, 0.5) is 0 Å². The van der Waals surface area contributed by atoms with Crippen LogP contribution in [-0.4, -0.2) is 27.8 Å². The summed E-state index contributed by atoms with van der Waals surface area (Å²) in [5, 5.41) is 10.5. The highest BCUT2D eigenvalue weighted by Crippen LogP contribution is 2.47. The van der Waals surface area contributed by atoms with Gasteiger partial charge in [0.25, 0.3) is 0 Å². The Kier molecular flexibility index (Phi) is 4.01. The standard InChI is InChI=1S/C17H22N2O2S/c20-9-8-11-6-7-13-14(11)15-16(18-10-19-17(15)22-13)21-12-4-2-1-3-5-12/h10-12,20H,1-9H2. The number of rotatable bonds is 4. The van der Waals surface area contributed by atoms with E-state index in [-0.39, 0.29) is 6.61 Å². The molecule has 2 aromatic rings. The number of aliphatic hydroxyl groups excluding tert-OH is 1. The highest BCUT2D eigenvalue weighted by atomic mass is 32.1. The highest BCUT2D eigenvalue weighted by Gasteiger charge is 2.30. The first-order valence-electron chi connectivity index (χ1n) is 8.40. The van der Waals surface area contributed by atoms with Gasteiger partial charge in [-0.1, -0.05) is 6.42 Å². The lowest BCUT2D eigenvalue weighted by molar-refractivity contribution is 0.150. The molecule has 1 atom stereocenters. The van der Waals surface area contributed by atoms with Crippen LogP contribution in [0.25, 0.3) is 10.2 Å². The maximum Gasteiger partial charge on any atom is 0.225 e. The van der Waals surface area contributed by atoms with Gasteiger partial charge in [-0.05, 0) is 56.4 Å². The summed E-state index contributed by atoms with van der Waals surface area (Å²) in [4.78, 5) is 11.4. The third-order valence-electron chi connectivity index (χ3n) is 5.00. The molecule has 4 rings (SSSR count). The molecular formula is C17H22N2O2S. The van der Waals surface area contributed by atoms with E-state index in [1.165, 1.54) is 29.7 Å². The molecule has 1 fully saturated rings. The van der Waals surface area contributed by atoms with E-state index >= 15 is 0 Å². The average molecular weight is 318 g/mol. The number of hydrogen-bond donors (Lipinski definition) is 1. The third kappa shape index (κ3) is 2.50. The number of aliphatic hydroxyl groups is 1. The van der Waals surface area contributed by atoms with Gasteiger partial charge in [0.1, 0.15) is 17.3 Å². The van der Waals surface area contributed by atoms with Crippen LogP contribution in [0.3, 0.4) is 0 Å². The van der Waals surface area contributed by atoms with Crippen LogP contribution >= 0.6 is 11.3 Å². The van der Waals surface area contributed by atoms with Crippen molar-refractivity contribution >= 4 is 21.6 Å². The van der Waals surface area contributed by atoms with Crippen molar-refractivity contribution in [2.75, 3.05) is 6.61 Å². The number of aryl methyl sites for hydroxylation is 1. The van der Waals surface area contributed by atoms with Gasteiger partial charge >= 0.3 is 0 Å². The summed E-state index contributed by atoms with van der Waals surface area (Å²) in [6, 6.07) is 0. The van der Waals surface area contributed by atoms with Gasteiger partial charge in [0, 0.05) is 11.5 Å². The molecule has 0 amide bonds. The van der Waals surface area contributed by atoms with E-state index in [1.54, 1.807) is 17.7 Å². The molecule has 2 aliphatic rings. The lowest BCUT2D eigenvalue weighted by Crippen LogP contribution is -2.20. The molecule has 0 bridgehead atoms. The fourth-order valence-corrected chi connectivity index (χ4v) is 5.15. The van der Waals surface area contributed by atoms with E-state index in [0.29, 0.717) is 12.0 Å². The number of aromatic nitrogens is 2. The summed E-state index contributed by atoms with van der Waals surface area (Å²) in [7, 11) is 0. The molecule has 0 aromatic carbocycles. The molecule has 1 unspecified atom stereocenters. The van der Waals surface area contributed by atoms with Crippen molar-refractivity contribution in [3.8, 4) is 5.88 Å². The van der Waals surface area contributed by atoms with Gasteiger partial charge in [0.2, 0.25) is 5.88 Å². The number of thiophene rings is 1. The van der Waals surface area contributed by atoms with Gasteiger partial charge in [-0.25, -0.2) is 9.97 Å². The van der Waals surface area contributed by atoms with Crippen molar-refractivity contribution in [1.82, 2.24) is 9.97 Å². The summed E-state index contributed by atoms with van der Waals surface area (Å²) in [6.45, 7) is 0.244. The number of hydrogen-bond acceptors (Lipinski definition) is 5. The van der Waals surface area contributed by atoms with Crippen LogP contribution in [0.5, 0.6) is 5.88 Å². The van der Waals surface area contributed by atoms with E-state index in [4.69, 9.17) is 4.74 Å². The number of fused-ring (bicyclic) bond motifs is 3. The quantitative estimate of drug-likeness (QED) is 0.931. The largest absolute Gasteiger partial charge is 0.474 e. The zero-order chi connectivity index (χ0) is 14.9. The molecule has 0 spiro atoms. The van der Waals surface area contributed by atoms with E-state index in [2.05, 4.69) is 9.97 Å². The van der Waals surface area contributed by atoms with Crippen molar-refractivity contribution in [1.29, 1.82) is 0 Å². The highest BCUT2D eigenvalue weighted by molar-refractivity contribution is 7.19. The van der Waals surface area contributed by atoms with Crippen molar-refractivity contribution in [3.63, 3.8) is 0 Å². The molecule has 118 valence electrons. The van der Waals surface area contributed by atoms with Crippen LogP contribution < -0.4 is 4.74 Å². The predicted molar refractivity (Wildman–Crippen MR) is 87.7 cm³/mol. The van der Waals surface area contributed by atoms with Crippen LogP contribution in [0.15, 0.2) is 6.33 Å². The Morgan fingerprint density at radius 2 is 2.05 bits per heavy atom. The summed E-state index contributed by atoms with van der Waals surface area (Å²) in [5.74, 6) is 1.22. The molecule has 22 heavy (non-hydrogen) atoms. The summed E-state index contributed by atoms with van der Waals surface area (Å²) in [6.07, 6.45) is 11.1. The van der Waals surface area contributed by atoms with Gasteiger partial charge in [0.15, 0.2) is 0 Å². The molecule has 1 saturated carbocycles. The molecule has 0 radical (unpaired) electrons. The Morgan fingerprint density at radius 1 is 1.18 bits per heavy atom. The molecular weight excluding hydrogens is 296 g/mol. The Morgan fingerprint density at radius 3 is 2.86 bits per heavy atom. The normalized spacial score (nSPS) is 22.1. The van der Waals surface area contributed by atoms with Crippen molar-refractivity contribution in [2.24, 2.45) is 0 Å². The van der Waals surface area contributed by atoms with Crippen LogP contribution in [0.1, 0.15) is 61.3 Å². The minimum absolute atomic E-state index is 0.244. The topological polar surface area (TPSA) is 55.2 Å². The lowest BCUT2D eigenvalue weighted by Gasteiger charge is -2.23. The third-order valence-corrected chi connectivity index (χ3v) is 6.18. The maximum absolute atomic E-state index is 9.33. The molecule has 4 nitrogen and oxygen atoms in total. The van der Waals surface area contributed by atoms with Crippen LogP contribution in [0.2, 0.25) is 0 Å². The fraction of sp³-hybridized carbons (Fsp3) is 0.647. The Balaban J connectivity index is 1.72. The Labute approximate surface area is 134 Å². The number of ether oxygens (including phenoxy) is 1. The smallest absolute Gasteiger partial charge is 0.225 e. The second kappa shape index (κ2) is 6.13. The summed E-state index contributed by atoms with van der Waals surface area (Å²) < 4.78 is 6.27. The van der Waals surface area contributed by atoms with E-state index < -0.39 is 0 Å². The van der Waals surface area contributed by atoms with Gasteiger partial charge < -0.3 is 9.84 Å². The lowest BCUT2D eigenvalue weighted by atomic mass is 9.97. The van der Waals surface area contributed by atoms with Gasteiger partial charge in [-0.15, -0.1) is 11.3 Å². The predicted octanol–water partition coefficient (Wildman–Crippen LogP) is 3.82. The van der Waals surface area contributed by atoms with E-state index in [9.17, 15) is 5.11 Å². The van der Waals surface area contributed by atoms with Crippen molar-refractivity contribution < 1.29 is 9.84 Å². The first-order valence-corrected chi connectivity index (χ1v) is 9.22. The average Bonchev–Trinajstić information content (AvgIpc) is 3.09. The van der Waals surface area contributed by atoms with E-state index in [1.807, 2.05) is 0 Å². The molecule has 1 N–H and O–H groups in total. The zero-order valence-corrected chi connectivity index (χ0v) is 13.6. The summed E-state index contributed by atoms with van der Waals surface area (Å²) >= 11 is 1.78. The minimum Gasteiger partial charge on any atom is -0.474 e. The molecule has 5 heteroatoms. The first kappa shape index (κ1) is 14.4. The molecule has 2 aliphatic carbocycles. The second-order valence-corrected chi connectivity index (χ2v) is 7.51. The van der Waals surface area contributed by atoms with Crippen LogP contribution in [-0.2, 0) is 6.42 Å². The van der Waals surface area contributed by atoms with Gasteiger partial charge in [-0.3, -0.25) is 0 Å². The molecule has 2 heterocycles.